The van der Waals surface area contributed by atoms with Gasteiger partial charge in [0.2, 0.25) is 0 Å². The second-order valence-electron chi connectivity index (χ2n) is 3.46. The molecule has 0 aliphatic heterocycles. The molecule has 0 spiro atoms. The third kappa shape index (κ3) is 2.74. The molecule has 0 saturated heterocycles. The van der Waals surface area contributed by atoms with Gasteiger partial charge in [-0.05, 0) is 19.7 Å². The van der Waals surface area contributed by atoms with E-state index in [0.29, 0.717) is 0 Å². The third-order valence-corrected chi connectivity index (χ3v) is 2.14. The van der Waals surface area contributed by atoms with Crippen LogP contribution in [0.3, 0.4) is 0 Å². The SMILES string of the molecule is CN(C)C(C#N)c1ccc(C(F)F)cc1. The van der Waals surface area contributed by atoms with E-state index in [4.69, 9.17) is 5.26 Å². The van der Waals surface area contributed by atoms with Crippen LogP contribution in [-0.4, -0.2) is 19.0 Å². The zero-order valence-electron chi connectivity index (χ0n) is 8.61. The minimum absolute atomic E-state index is 0.0193. The maximum atomic E-state index is 12.3. The predicted molar refractivity (Wildman–Crippen MR) is 53.4 cm³/mol. The molecule has 1 aromatic carbocycles. The predicted octanol–water partition coefficient (Wildman–Crippen LogP) is 2.75. The molecule has 1 rings (SSSR count). The van der Waals surface area contributed by atoms with Crippen LogP contribution in [-0.2, 0) is 0 Å². The maximum Gasteiger partial charge on any atom is 0.263 e. The van der Waals surface area contributed by atoms with Gasteiger partial charge >= 0.3 is 0 Å². The van der Waals surface area contributed by atoms with Crippen LogP contribution < -0.4 is 0 Å². The van der Waals surface area contributed by atoms with Gasteiger partial charge < -0.3 is 0 Å². The van der Waals surface area contributed by atoms with Crippen LogP contribution in [0.5, 0.6) is 0 Å². The van der Waals surface area contributed by atoms with E-state index in [1.807, 2.05) is 0 Å². The lowest BCUT2D eigenvalue weighted by atomic mass is 10.1. The number of hydrogen-bond acceptors (Lipinski definition) is 2. The number of alkyl halides is 2. The first-order valence-electron chi connectivity index (χ1n) is 4.50. The van der Waals surface area contributed by atoms with Crippen LogP contribution in [0.25, 0.3) is 0 Å². The molecule has 0 N–H and O–H groups in total. The van der Waals surface area contributed by atoms with Crippen molar-refractivity contribution in [1.29, 1.82) is 5.26 Å². The Morgan fingerprint density at radius 2 is 1.60 bits per heavy atom. The average Bonchev–Trinajstić information content (AvgIpc) is 2.19. The van der Waals surface area contributed by atoms with Crippen molar-refractivity contribution in [2.24, 2.45) is 0 Å². The van der Waals surface area contributed by atoms with Crippen LogP contribution in [0, 0.1) is 11.3 Å². The number of nitrogens with zero attached hydrogens (tertiary/aromatic N) is 2. The molecule has 2 nitrogen and oxygen atoms in total. The van der Waals surface area contributed by atoms with Gasteiger partial charge in [0.25, 0.3) is 6.43 Å². The summed E-state index contributed by atoms with van der Waals surface area (Å²) in [6, 6.07) is 7.55. The van der Waals surface area contributed by atoms with E-state index in [-0.39, 0.29) is 5.56 Å². The van der Waals surface area contributed by atoms with Gasteiger partial charge in [-0.25, -0.2) is 8.78 Å². The summed E-state index contributed by atoms with van der Waals surface area (Å²) in [5.74, 6) is 0. The lowest BCUT2D eigenvalue weighted by molar-refractivity contribution is 0.151. The van der Waals surface area contributed by atoms with E-state index >= 15 is 0 Å². The first kappa shape index (κ1) is 11.6. The summed E-state index contributed by atoms with van der Waals surface area (Å²) in [4.78, 5) is 1.73. The van der Waals surface area contributed by atoms with Crippen LogP contribution in [0.2, 0.25) is 0 Å². The summed E-state index contributed by atoms with van der Waals surface area (Å²) in [6.07, 6.45) is -2.46. The minimum Gasteiger partial charge on any atom is -0.291 e. The Hall–Kier alpha value is -1.47. The molecule has 15 heavy (non-hydrogen) atoms. The van der Waals surface area contributed by atoms with Crippen molar-refractivity contribution >= 4 is 0 Å². The fraction of sp³-hybridized carbons (Fsp3) is 0.364. The van der Waals surface area contributed by atoms with Crippen molar-refractivity contribution < 1.29 is 8.78 Å². The van der Waals surface area contributed by atoms with Gasteiger partial charge in [-0.1, -0.05) is 24.3 Å². The fourth-order valence-corrected chi connectivity index (χ4v) is 1.31. The summed E-state index contributed by atoms with van der Waals surface area (Å²) in [7, 11) is 3.55. The molecule has 0 saturated carbocycles. The highest BCUT2D eigenvalue weighted by molar-refractivity contribution is 5.28. The Bertz CT molecular complexity index is 352. The van der Waals surface area contributed by atoms with Crippen molar-refractivity contribution in [1.82, 2.24) is 4.90 Å². The summed E-state index contributed by atoms with van der Waals surface area (Å²) in [5, 5.41) is 8.89. The van der Waals surface area contributed by atoms with E-state index in [1.165, 1.54) is 12.1 Å². The second kappa shape index (κ2) is 4.85. The normalized spacial score (nSPS) is 12.9. The molecule has 1 aromatic rings. The molecule has 1 unspecified atom stereocenters. The lowest BCUT2D eigenvalue weighted by Gasteiger charge is -2.17. The molecule has 0 amide bonds. The number of benzene rings is 1. The lowest BCUT2D eigenvalue weighted by Crippen LogP contribution is -2.18. The molecule has 4 heteroatoms. The van der Waals surface area contributed by atoms with Gasteiger partial charge in [-0.15, -0.1) is 0 Å². The Labute approximate surface area is 87.7 Å². The highest BCUT2D eigenvalue weighted by Crippen LogP contribution is 2.22. The van der Waals surface area contributed by atoms with Gasteiger partial charge in [-0.3, -0.25) is 4.90 Å². The minimum atomic E-state index is -2.46. The zero-order chi connectivity index (χ0) is 11.4. The molecule has 0 aliphatic rings. The smallest absolute Gasteiger partial charge is 0.263 e. The molecule has 0 heterocycles. The zero-order valence-corrected chi connectivity index (χ0v) is 8.61. The van der Waals surface area contributed by atoms with E-state index in [1.54, 1.807) is 31.1 Å². The number of rotatable bonds is 3. The molecule has 0 bridgehead atoms. The van der Waals surface area contributed by atoms with E-state index in [2.05, 4.69) is 6.07 Å². The fourth-order valence-electron chi connectivity index (χ4n) is 1.31. The Balaban J connectivity index is 2.93. The summed E-state index contributed by atoms with van der Waals surface area (Å²) in [6.45, 7) is 0. The van der Waals surface area contributed by atoms with Crippen LogP contribution >= 0.6 is 0 Å². The van der Waals surface area contributed by atoms with E-state index < -0.39 is 12.5 Å². The van der Waals surface area contributed by atoms with Gasteiger partial charge in [-0.2, -0.15) is 5.26 Å². The van der Waals surface area contributed by atoms with E-state index in [9.17, 15) is 8.78 Å². The Kier molecular flexibility index (Phi) is 3.75. The van der Waals surface area contributed by atoms with Crippen molar-refractivity contribution in [3.05, 3.63) is 35.4 Å². The number of nitriles is 1. The van der Waals surface area contributed by atoms with Crippen molar-refractivity contribution in [3.8, 4) is 6.07 Å². The Morgan fingerprint density at radius 3 is 1.93 bits per heavy atom. The topological polar surface area (TPSA) is 27.0 Å². The van der Waals surface area contributed by atoms with Crippen LogP contribution in [0.4, 0.5) is 8.78 Å². The van der Waals surface area contributed by atoms with E-state index in [0.717, 1.165) is 5.56 Å². The quantitative estimate of drug-likeness (QED) is 0.767. The maximum absolute atomic E-state index is 12.3. The van der Waals surface area contributed by atoms with Crippen molar-refractivity contribution in [3.63, 3.8) is 0 Å². The molecule has 0 radical (unpaired) electrons. The highest BCUT2D eigenvalue weighted by Gasteiger charge is 2.13. The summed E-state index contributed by atoms with van der Waals surface area (Å²) < 4.78 is 24.5. The number of halogens is 2. The van der Waals surface area contributed by atoms with Crippen LogP contribution in [0.15, 0.2) is 24.3 Å². The summed E-state index contributed by atoms with van der Waals surface area (Å²) >= 11 is 0. The molecular formula is C11H12F2N2. The molecule has 1 atom stereocenters. The Morgan fingerprint density at radius 1 is 1.13 bits per heavy atom. The van der Waals surface area contributed by atoms with Crippen molar-refractivity contribution in [2.75, 3.05) is 14.1 Å². The van der Waals surface area contributed by atoms with Gasteiger partial charge in [0.05, 0.1) is 6.07 Å². The second-order valence-corrected chi connectivity index (χ2v) is 3.46. The third-order valence-electron chi connectivity index (χ3n) is 2.14. The average molecular weight is 210 g/mol. The number of hydrogen-bond donors (Lipinski definition) is 0. The van der Waals surface area contributed by atoms with Crippen LogP contribution in [0.1, 0.15) is 23.6 Å². The van der Waals surface area contributed by atoms with Gasteiger partial charge in [0, 0.05) is 5.56 Å². The monoisotopic (exact) mass is 210 g/mol. The molecule has 0 fully saturated rings. The van der Waals surface area contributed by atoms with Gasteiger partial charge in [0.1, 0.15) is 6.04 Å². The molecule has 0 aliphatic carbocycles. The largest absolute Gasteiger partial charge is 0.291 e. The van der Waals surface area contributed by atoms with Gasteiger partial charge in [0.15, 0.2) is 0 Å². The van der Waals surface area contributed by atoms with Crippen molar-refractivity contribution in [2.45, 2.75) is 12.5 Å². The standard InChI is InChI=1S/C11H12F2N2/c1-15(2)10(7-14)8-3-5-9(6-4-8)11(12)13/h3-6,10-11H,1-2H3. The molecule has 0 aromatic heterocycles. The first-order valence-corrected chi connectivity index (χ1v) is 4.50. The molecule has 80 valence electrons. The first-order chi connectivity index (χ1) is 7.06. The molecular weight excluding hydrogens is 198 g/mol. The highest BCUT2D eigenvalue weighted by atomic mass is 19.3. The summed E-state index contributed by atoms with van der Waals surface area (Å²) in [5.41, 5.74) is 0.709.